The molecule has 28 heavy (non-hydrogen) atoms. The van der Waals surface area contributed by atoms with Crippen LogP contribution >= 0.6 is 0 Å². The van der Waals surface area contributed by atoms with Crippen molar-refractivity contribution in [1.29, 1.82) is 0 Å². The van der Waals surface area contributed by atoms with Crippen LogP contribution in [0.25, 0.3) is 0 Å². The van der Waals surface area contributed by atoms with Crippen molar-refractivity contribution in [3.63, 3.8) is 0 Å². The Kier molecular flexibility index (Phi) is 6.44. The number of rotatable bonds is 5. The van der Waals surface area contributed by atoms with Gasteiger partial charge in [0, 0.05) is 43.2 Å². The molecule has 0 saturated carbocycles. The Bertz CT molecular complexity index is 693. The summed E-state index contributed by atoms with van der Waals surface area (Å²) in [5, 5.41) is 0. The summed E-state index contributed by atoms with van der Waals surface area (Å²) in [6, 6.07) is 5.44. The van der Waals surface area contributed by atoms with Crippen molar-refractivity contribution in [2.75, 3.05) is 40.4 Å². The second-order valence-corrected chi connectivity index (χ2v) is 7.84. The van der Waals surface area contributed by atoms with Crippen LogP contribution in [0.4, 0.5) is 0 Å². The molecule has 2 aliphatic rings. The molecule has 2 N–H and O–H groups in total. The van der Waals surface area contributed by atoms with Crippen molar-refractivity contribution in [3.05, 3.63) is 23.8 Å². The SMILES string of the molecule is COc1cc(OC)cc(C(=O)N2CCC(C(=O)N3CC(CN)CC3C)CC2)c1. The highest BCUT2D eigenvalue weighted by Gasteiger charge is 2.37. The van der Waals surface area contributed by atoms with Gasteiger partial charge in [-0.25, -0.2) is 0 Å². The third kappa shape index (κ3) is 4.24. The number of hydrogen-bond donors (Lipinski definition) is 1. The van der Waals surface area contributed by atoms with Gasteiger partial charge in [0.1, 0.15) is 11.5 Å². The minimum Gasteiger partial charge on any atom is -0.497 e. The molecule has 0 aromatic heterocycles. The first-order valence-corrected chi connectivity index (χ1v) is 9.99. The molecule has 0 bridgehead atoms. The highest BCUT2D eigenvalue weighted by Crippen LogP contribution is 2.29. The molecular formula is C21H31N3O4. The summed E-state index contributed by atoms with van der Waals surface area (Å²) in [6.45, 7) is 4.65. The predicted molar refractivity (Wildman–Crippen MR) is 107 cm³/mol. The van der Waals surface area contributed by atoms with Crippen LogP contribution in [0.1, 0.15) is 36.5 Å². The number of benzene rings is 1. The fraction of sp³-hybridized carbons (Fsp3) is 0.619. The molecule has 1 aromatic rings. The average molecular weight is 389 g/mol. The largest absolute Gasteiger partial charge is 0.497 e. The molecule has 154 valence electrons. The summed E-state index contributed by atoms with van der Waals surface area (Å²) in [5.41, 5.74) is 6.33. The van der Waals surface area contributed by atoms with Crippen LogP contribution < -0.4 is 15.2 Å². The van der Waals surface area contributed by atoms with Crippen LogP contribution in [0.5, 0.6) is 11.5 Å². The molecule has 2 unspecified atom stereocenters. The minimum absolute atomic E-state index is 0.0112. The first-order valence-electron chi connectivity index (χ1n) is 9.99. The molecule has 0 radical (unpaired) electrons. The standard InChI is InChI=1S/C21H31N3O4/c1-14-8-15(12-22)13-24(14)21(26)16-4-6-23(7-5-16)20(25)17-9-18(27-2)11-19(10-17)28-3/h9-11,14-16H,4-8,12-13,22H2,1-3H3. The molecule has 3 rings (SSSR count). The molecule has 7 nitrogen and oxygen atoms in total. The zero-order chi connectivity index (χ0) is 20.3. The van der Waals surface area contributed by atoms with Crippen LogP contribution in [-0.4, -0.2) is 68.1 Å². The Hall–Kier alpha value is -2.28. The molecule has 7 heteroatoms. The monoisotopic (exact) mass is 389 g/mol. The van der Waals surface area contributed by atoms with Gasteiger partial charge in [-0.05, 0) is 50.8 Å². The summed E-state index contributed by atoms with van der Waals surface area (Å²) in [5.74, 6) is 1.74. The fourth-order valence-corrected chi connectivity index (χ4v) is 4.30. The zero-order valence-corrected chi connectivity index (χ0v) is 17.0. The summed E-state index contributed by atoms with van der Waals surface area (Å²) in [4.78, 5) is 29.6. The van der Waals surface area contributed by atoms with E-state index in [0.29, 0.717) is 55.5 Å². The van der Waals surface area contributed by atoms with Gasteiger partial charge in [-0.15, -0.1) is 0 Å². The quantitative estimate of drug-likeness (QED) is 0.829. The lowest BCUT2D eigenvalue weighted by Gasteiger charge is -2.34. The number of methoxy groups -OCH3 is 2. The first-order chi connectivity index (χ1) is 13.5. The normalized spacial score (nSPS) is 23.0. The molecule has 2 atom stereocenters. The van der Waals surface area contributed by atoms with Gasteiger partial charge < -0.3 is 25.0 Å². The lowest BCUT2D eigenvalue weighted by atomic mass is 9.94. The van der Waals surface area contributed by atoms with Crippen molar-refractivity contribution in [2.24, 2.45) is 17.6 Å². The lowest BCUT2D eigenvalue weighted by molar-refractivity contribution is -0.137. The number of ether oxygens (including phenoxy) is 2. The van der Waals surface area contributed by atoms with E-state index in [1.807, 2.05) is 9.80 Å². The number of nitrogens with zero attached hydrogens (tertiary/aromatic N) is 2. The van der Waals surface area contributed by atoms with Crippen LogP contribution in [0, 0.1) is 11.8 Å². The first kappa shape index (κ1) is 20.5. The third-order valence-corrected chi connectivity index (χ3v) is 6.01. The average Bonchev–Trinajstić information content (AvgIpc) is 3.13. The second-order valence-electron chi connectivity index (χ2n) is 7.84. The minimum atomic E-state index is -0.0548. The topological polar surface area (TPSA) is 85.1 Å². The van der Waals surface area contributed by atoms with Crippen molar-refractivity contribution in [1.82, 2.24) is 9.80 Å². The molecular weight excluding hydrogens is 358 g/mol. The van der Waals surface area contributed by atoms with Crippen LogP contribution in [0.15, 0.2) is 18.2 Å². The number of piperidine rings is 1. The van der Waals surface area contributed by atoms with Gasteiger partial charge >= 0.3 is 0 Å². The fourth-order valence-electron chi connectivity index (χ4n) is 4.30. The molecule has 0 aliphatic carbocycles. The van der Waals surface area contributed by atoms with E-state index in [2.05, 4.69) is 6.92 Å². The van der Waals surface area contributed by atoms with Gasteiger partial charge in [-0.1, -0.05) is 0 Å². The van der Waals surface area contributed by atoms with Gasteiger partial charge in [0.2, 0.25) is 5.91 Å². The Morgan fingerprint density at radius 2 is 1.71 bits per heavy atom. The number of amides is 2. The zero-order valence-electron chi connectivity index (χ0n) is 17.0. The Morgan fingerprint density at radius 3 is 2.21 bits per heavy atom. The maximum absolute atomic E-state index is 12.9. The van der Waals surface area contributed by atoms with E-state index in [1.54, 1.807) is 32.4 Å². The van der Waals surface area contributed by atoms with Gasteiger partial charge in [-0.2, -0.15) is 0 Å². The summed E-state index contributed by atoms with van der Waals surface area (Å²) in [6.07, 6.45) is 2.38. The summed E-state index contributed by atoms with van der Waals surface area (Å²) in [7, 11) is 3.13. The van der Waals surface area contributed by atoms with E-state index in [1.165, 1.54) is 0 Å². The summed E-state index contributed by atoms with van der Waals surface area (Å²) < 4.78 is 10.5. The van der Waals surface area contributed by atoms with E-state index in [0.717, 1.165) is 13.0 Å². The van der Waals surface area contributed by atoms with Crippen molar-refractivity contribution in [3.8, 4) is 11.5 Å². The lowest BCUT2D eigenvalue weighted by Crippen LogP contribution is -2.45. The van der Waals surface area contributed by atoms with Crippen LogP contribution in [-0.2, 0) is 4.79 Å². The molecule has 2 aliphatic heterocycles. The van der Waals surface area contributed by atoms with Gasteiger partial charge in [0.05, 0.1) is 14.2 Å². The van der Waals surface area contributed by atoms with E-state index in [9.17, 15) is 9.59 Å². The number of carbonyl (C=O) groups excluding carboxylic acids is 2. The van der Waals surface area contributed by atoms with Crippen LogP contribution in [0.3, 0.4) is 0 Å². The molecule has 2 saturated heterocycles. The van der Waals surface area contributed by atoms with Crippen molar-refractivity contribution >= 4 is 11.8 Å². The molecule has 2 fully saturated rings. The van der Waals surface area contributed by atoms with E-state index < -0.39 is 0 Å². The van der Waals surface area contributed by atoms with E-state index in [4.69, 9.17) is 15.2 Å². The number of hydrogen-bond acceptors (Lipinski definition) is 5. The van der Waals surface area contributed by atoms with Gasteiger partial charge in [-0.3, -0.25) is 9.59 Å². The van der Waals surface area contributed by atoms with Crippen LogP contribution in [0.2, 0.25) is 0 Å². The number of carbonyl (C=O) groups is 2. The van der Waals surface area contributed by atoms with E-state index in [-0.39, 0.29) is 23.8 Å². The maximum atomic E-state index is 12.9. The molecule has 2 heterocycles. The predicted octanol–water partition coefficient (Wildman–Crippen LogP) is 1.75. The highest BCUT2D eigenvalue weighted by atomic mass is 16.5. The Morgan fingerprint density at radius 1 is 1.11 bits per heavy atom. The Balaban J connectivity index is 1.61. The number of nitrogens with two attached hydrogens (primary N) is 1. The summed E-state index contributed by atoms with van der Waals surface area (Å²) >= 11 is 0. The molecule has 2 amide bonds. The van der Waals surface area contributed by atoms with E-state index >= 15 is 0 Å². The second kappa shape index (κ2) is 8.82. The van der Waals surface area contributed by atoms with Crippen molar-refractivity contribution in [2.45, 2.75) is 32.2 Å². The number of likely N-dealkylation sites (tertiary alicyclic amines) is 2. The Labute approximate surface area is 166 Å². The van der Waals surface area contributed by atoms with Crippen molar-refractivity contribution < 1.29 is 19.1 Å². The van der Waals surface area contributed by atoms with Gasteiger partial charge in [0.15, 0.2) is 0 Å². The third-order valence-electron chi connectivity index (χ3n) is 6.01. The van der Waals surface area contributed by atoms with Gasteiger partial charge in [0.25, 0.3) is 5.91 Å². The highest BCUT2D eigenvalue weighted by molar-refractivity contribution is 5.95. The molecule has 1 aromatic carbocycles. The maximum Gasteiger partial charge on any atom is 0.254 e. The smallest absolute Gasteiger partial charge is 0.254 e. The molecule has 0 spiro atoms.